The number of fused-ring (bicyclic) bond motifs is 1. The van der Waals surface area contributed by atoms with E-state index in [2.05, 4.69) is 0 Å². The van der Waals surface area contributed by atoms with Crippen LogP contribution in [0.1, 0.15) is 29.3 Å². The summed E-state index contributed by atoms with van der Waals surface area (Å²) in [5, 5.41) is 0. The van der Waals surface area contributed by atoms with E-state index in [-0.39, 0.29) is 24.1 Å². The first kappa shape index (κ1) is 13.7. The monoisotopic (exact) mass is 262 g/mol. The first-order valence-corrected chi connectivity index (χ1v) is 6.48. The lowest BCUT2D eigenvalue weighted by Crippen LogP contribution is -2.39. The number of carbonyl (C=O) groups excluding carboxylic acids is 2. The molecule has 0 saturated heterocycles. The summed E-state index contributed by atoms with van der Waals surface area (Å²) in [5.74, 6) is -0.478. The van der Waals surface area contributed by atoms with E-state index in [0.717, 1.165) is 5.56 Å². The molecule has 1 aromatic rings. The molecule has 0 amide bonds. The van der Waals surface area contributed by atoms with Gasteiger partial charge in [-0.15, -0.1) is 0 Å². The van der Waals surface area contributed by atoms with Crippen LogP contribution in [0.25, 0.3) is 0 Å². The van der Waals surface area contributed by atoms with E-state index in [4.69, 9.17) is 9.47 Å². The number of esters is 1. The molecule has 4 heteroatoms. The molecule has 0 aliphatic heterocycles. The fraction of sp³-hybridized carbons (Fsp3) is 0.467. The van der Waals surface area contributed by atoms with Gasteiger partial charge in [-0.2, -0.15) is 0 Å². The second-order valence-corrected chi connectivity index (χ2v) is 4.64. The number of methoxy groups -OCH3 is 1. The number of hydrogen-bond acceptors (Lipinski definition) is 4. The number of rotatable bonds is 4. The van der Waals surface area contributed by atoms with Gasteiger partial charge in [-0.1, -0.05) is 24.3 Å². The highest BCUT2D eigenvalue weighted by molar-refractivity contribution is 6.02. The minimum absolute atomic E-state index is 0.0300. The highest BCUT2D eigenvalue weighted by Crippen LogP contribution is 2.30. The van der Waals surface area contributed by atoms with Crippen LogP contribution >= 0.6 is 0 Å². The van der Waals surface area contributed by atoms with Gasteiger partial charge in [0.1, 0.15) is 6.10 Å². The molecule has 4 nitrogen and oxygen atoms in total. The summed E-state index contributed by atoms with van der Waals surface area (Å²) in [5.41, 5.74) is 1.69. The van der Waals surface area contributed by atoms with Gasteiger partial charge in [0, 0.05) is 18.1 Å². The third kappa shape index (κ3) is 2.84. The van der Waals surface area contributed by atoms with Gasteiger partial charge in [0.05, 0.1) is 13.5 Å². The molecule has 0 fully saturated rings. The lowest BCUT2D eigenvalue weighted by Gasteiger charge is -2.30. The number of hydrogen-bond donors (Lipinski definition) is 0. The maximum Gasteiger partial charge on any atom is 0.305 e. The van der Waals surface area contributed by atoms with Gasteiger partial charge in [-0.3, -0.25) is 9.59 Å². The van der Waals surface area contributed by atoms with Gasteiger partial charge in [0.25, 0.3) is 0 Å². The standard InChI is InChI=1S/C15H18O4/c1-3-19-15-11(9-13(16)18-2)8-10-6-4-5-7-12(10)14(15)17/h4-7,11,15H,3,8-9H2,1-2H3. The van der Waals surface area contributed by atoms with E-state index in [1.165, 1.54) is 7.11 Å². The Labute approximate surface area is 112 Å². The van der Waals surface area contributed by atoms with Gasteiger partial charge in [-0.25, -0.2) is 0 Å². The highest BCUT2D eigenvalue weighted by Gasteiger charge is 2.37. The zero-order chi connectivity index (χ0) is 13.8. The quantitative estimate of drug-likeness (QED) is 0.779. The predicted molar refractivity (Wildman–Crippen MR) is 70.0 cm³/mol. The third-order valence-electron chi connectivity index (χ3n) is 3.45. The van der Waals surface area contributed by atoms with Crippen LogP contribution < -0.4 is 0 Å². The van der Waals surface area contributed by atoms with Crippen molar-refractivity contribution in [3.8, 4) is 0 Å². The maximum absolute atomic E-state index is 12.4. The van der Waals surface area contributed by atoms with Crippen molar-refractivity contribution in [1.29, 1.82) is 0 Å². The van der Waals surface area contributed by atoms with Gasteiger partial charge >= 0.3 is 5.97 Å². The van der Waals surface area contributed by atoms with E-state index in [1.807, 2.05) is 31.2 Å². The predicted octanol–water partition coefficient (Wildman–Crippen LogP) is 2.01. The van der Waals surface area contributed by atoms with Gasteiger partial charge in [-0.05, 0) is 18.9 Å². The van der Waals surface area contributed by atoms with Crippen molar-refractivity contribution in [2.45, 2.75) is 25.9 Å². The summed E-state index contributed by atoms with van der Waals surface area (Å²) in [6.45, 7) is 2.30. The molecule has 0 aromatic heterocycles. The Bertz CT molecular complexity index is 481. The van der Waals surface area contributed by atoms with Gasteiger partial charge in [0.15, 0.2) is 5.78 Å². The Hall–Kier alpha value is -1.68. The molecule has 2 rings (SSSR count). The molecule has 0 bridgehead atoms. The van der Waals surface area contributed by atoms with Crippen LogP contribution in [0.15, 0.2) is 24.3 Å². The molecule has 0 N–H and O–H groups in total. The molecule has 1 aliphatic carbocycles. The smallest absolute Gasteiger partial charge is 0.305 e. The van der Waals surface area contributed by atoms with Crippen molar-refractivity contribution in [3.05, 3.63) is 35.4 Å². The van der Waals surface area contributed by atoms with Crippen LogP contribution in [0.3, 0.4) is 0 Å². The van der Waals surface area contributed by atoms with Crippen molar-refractivity contribution >= 4 is 11.8 Å². The summed E-state index contributed by atoms with van der Waals surface area (Å²) in [7, 11) is 1.36. The maximum atomic E-state index is 12.4. The van der Waals surface area contributed by atoms with Crippen LogP contribution in [0.2, 0.25) is 0 Å². The zero-order valence-corrected chi connectivity index (χ0v) is 11.2. The normalized spacial score (nSPS) is 21.9. The molecule has 1 aliphatic rings. The molecule has 0 heterocycles. The summed E-state index contributed by atoms with van der Waals surface area (Å²) < 4.78 is 10.2. The molecule has 2 atom stereocenters. The first-order chi connectivity index (χ1) is 9.17. The molecule has 0 spiro atoms. The minimum atomic E-state index is -0.543. The third-order valence-corrected chi connectivity index (χ3v) is 3.45. The molecule has 19 heavy (non-hydrogen) atoms. The van der Waals surface area contributed by atoms with Gasteiger partial charge in [0.2, 0.25) is 0 Å². The summed E-state index contributed by atoms with van der Waals surface area (Å²) >= 11 is 0. The highest BCUT2D eigenvalue weighted by atomic mass is 16.5. The minimum Gasteiger partial charge on any atom is -0.469 e. The lowest BCUT2D eigenvalue weighted by atomic mass is 9.79. The van der Waals surface area contributed by atoms with E-state index in [0.29, 0.717) is 18.6 Å². The van der Waals surface area contributed by atoms with Crippen LogP contribution in [0.4, 0.5) is 0 Å². The number of Topliss-reactive ketones (excluding diaryl/α,β-unsaturated/α-hetero) is 1. The Morgan fingerprint density at radius 2 is 2.11 bits per heavy atom. The van der Waals surface area contributed by atoms with Crippen molar-refractivity contribution in [3.63, 3.8) is 0 Å². The number of ketones is 1. The Kier molecular flexibility index (Phi) is 4.32. The molecular formula is C15H18O4. The largest absolute Gasteiger partial charge is 0.469 e. The number of carbonyl (C=O) groups is 2. The van der Waals surface area contributed by atoms with Crippen LogP contribution in [0, 0.1) is 5.92 Å². The van der Waals surface area contributed by atoms with Crippen LogP contribution in [0.5, 0.6) is 0 Å². The van der Waals surface area contributed by atoms with E-state index < -0.39 is 6.10 Å². The fourth-order valence-corrected chi connectivity index (χ4v) is 2.56. The Morgan fingerprint density at radius 3 is 2.79 bits per heavy atom. The zero-order valence-electron chi connectivity index (χ0n) is 11.2. The Morgan fingerprint density at radius 1 is 1.37 bits per heavy atom. The van der Waals surface area contributed by atoms with E-state index in [1.54, 1.807) is 0 Å². The molecule has 1 aromatic carbocycles. The average Bonchev–Trinajstić information content (AvgIpc) is 2.43. The summed E-state index contributed by atoms with van der Waals surface area (Å²) in [6, 6.07) is 7.50. The molecule has 0 saturated carbocycles. The lowest BCUT2D eigenvalue weighted by molar-refractivity contribution is -0.142. The van der Waals surface area contributed by atoms with Crippen LogP contribution in [-0.2, 0) is 20.7 Å². The summed E-state index contributed by atoms with van der Waals surface area (Å²) in [6.07, 6.45) is 0.335. The van der Waals surface area contributed by atoms with Crippen molar-refractivity contribution in [2.24, 2.45) is 5.92 Å². The fourth-order valence-electron chi connectivity index (χ4n) is 2.56. The van der Waals surface area contributed by atoms with Crippen molar-refractivity contribution in [2.75, 3.05) is 13.7 Å². The molecule has 2 unspecified atom stereocenters. The number of benzene rings is 1. The van der Waals surface area contributed by atoms with Crippen molar-refractivity contribution < 1.29 is 19.1 Å². The summed E-state index contributed by atoms with van der Waals surface area (Å²) in [4.78, 5) is 23.9. The number of ether oxygens (including phenoxy) is 2. The first-order valence-electron chi connectivity index (χ1n) is 6.48. The van der Waals surface area contributed by atoms with Crippen LogP contribution in [-0.4, -0.2) is 31.6 Å². The molecular weight excluding hydrogens is 244 g/mol. The SMILES string of the molecule is CCOC1C(=O)c2ccccc2CC1CC(=O)OC. The Balaban J connectivity index is 2.28. The second-order valence-electron chi connectivity index (χ2n) is 4.64. The van der Waals surface area contributed by atoms with E-state index in [9.17, 15) is 9.59 Å². The molecule has 0 radical (unpaired) electrons. The van der Waals surface area contributed by atoms with Gasteiger partial charge < -0.3 is 9.47 Å². The van der Waals surface area contributed by atoms with Crippen molar-refractivity contribution in [1.82, 2.24) is 0 Å². The van der Waals surface area contributed by atoms with E-state index >= 15 is 0 Å². The topological polar surface area (TPSA) is 52.6 Å². The molecule has 102 valence electrons. The second kappa shape index (κ2) is 5.97. The average molecular weight is 262 g/mol.